The average Bonchev–Trinajstić information content (AvgIpc) is 3.53. The van der Waals surface area contributed by atoms with E-state index in [1.54, 1.807) is 24.8 Å². The Morgan fingerprint density at radius 2 is 1.51 bits per heavy atom. The molecule has 0 bridgehead atoms. The quantitative estimate of drug-likeness (QED) is 0.288. The highest BCUT2D eigenvalue weighted by atomic mass is 16.2. The first-order valence-corrected chi connectivity index (χ1v) is 12.7. The van der Waals surface area contributed by atoms with E-state index in [4.69, 9.17) is 0 Å². The molecular weight excluding hydrogens is 438 g/mol. The molecule has 1 amide bonds. The van der Waals surface area contributed by atoms with Crippen molar-refractivity contribution in [2.75, 3.05) is 13.1 Å². The summed E-state index contributed by atoms with van der Waals surface area (Å²) in [5.74, 6) is 1.45. The zero-order valence-corrected chi connectivity index (χ0v) is 21.6. The summed E-state index contributed by atoms with van der Waals surface area (Å²) in [6.07, 6.45) is 9.50. The number of nitrogens with one attached hydrogen (secondary N) is 3. The van der Waals surface area contributed by atoms with Crippen LogP contribution in [0.15, 0.2) is 49.1 Å². The molecule has 0 fully saturated rings. The van der Waals surface area contributed by atoms with Crippen molar-refractivity contribution in [3.63, 3.8) is 0 Å². The highest BCUT2D eigenvalue weighted by Crippen LogP contribution is 2.12. The van der Waals surface area contributed by atoms with Gasteiger partial charge in [-0.1, -0.05) is 24.3 Å². The summed E-state index contributed by atoms with van der Waals surface area (Å²) < 4.78 is 0. The fourth-order valence-corrected chi connectivity index (χ4v) is 4.32. The number of carbonyl (C=O) groups is 1. The maximum Gasteiger partial charge on any atom is 0.230 e. The standard InChI is InChI=1S/C27H41N7O/c1-21(2)34(22(3)4)16-6-5-11-28-18-23-7-9-24(10-8-23)19-33(20-26-31-14-15-32-26)27(35)17-25-29-12-13-30-25/h7-10,12-15,21-22,28H,5-6,11,16-20H2,1-4H3,(H,29,30)(H,31,32). The number of aromatic amines is 2. The minimum Gasteiger partial charge on any atom is -0.348 e. The summed E-state index contributed by atoms with van der Waals surface area (Å²) in [7, 11) is 0. The van der Waals surface area contributed by atoms with E-state index in [-0.39, 0.29) is 12.3 Å². The van der Waals surface area contributed by atoms with E-state index in [1.807, 2.05) is 4.90 Å². The zero-order chi connectivity index (χ0) is 25.0. The number of rotatable bonds is 15. The van der Waals surface area contributed by atoms with Crippen LogP contribution in [-0.4, -0.2) is 60.8 Å². The van der Waals surface area contributed by atoms with Crippen LogP contribution in [0.4, 0.5) is 0 Å². The van der Waals surface area contributed by atoms with Crippen molar-refractivity contribution in [2.24, 2.45) is 0 Å². The van der Waals surface area contributed by atoms with E-state index in [0.29, 0.717) is 31.0 Å². The van der Waals surface area contributed by atoms with Crippen molar-refractivity contribution in [3.8, 4) is 0 Å². The van der Waals surface area contributed by atoms with Crippen LogP contribution < -0.4 is 5.32 Å². The molecule has 1 aromatic carbocycles. The first kappa shape index (κ1) is 26.6. The molecule has 190 valence electrons. The van der Waals surface area contributed by atoms with E-state index < -0.39 is 0 Å². The van der Waals surface area contributed by atoms with Gasteiger partial charge in [-0.2, -0.15) is 0 Å². The van der Waals surface area contributed by atoms with Crippen molar-refractivity contribution in [1.82, 2.24) is 35.1 Å². The molecule has 0 radical (unpaired) electrons. The second kappa shape index (κ2) is 13.8. The Balaban J connectivity index is 1.45. The van der Waals surface area contributed by atoms with E-state index in [0.717, 1.165) is 31.0 Å². The highest BCUT2D eigenvalue weighted by Gasteiger charge is 2.17. The second-order valence-corrected chi connectivity index (χ2v) is 9.62. The lowest BCUT2D eigenvalue weighted by molar-refractivity contribution is -0.132. The largest absolute Gasteiger partial charge is 0.348 e. The van der Waals surface area contributed by atoms with Crippen LogP contribution in [0.1, 0.15) is 63.3 Å². The lowest BCUT2D eigenvalue weighted by atomic mass is 10.1. The van der Waals surface area contributed by atoms with Gasteiger partial charge >= 0.3 is 0 Å². The molecular formula is C27H41N7O. The summed E-state index contributed by atoms with van der Waals surface area (Å²) in [6, 6.07) is 9.69. The smallest absolute Gasteiger partial charge is 0.230 e. The van der Waals surface area contributed by atoms with Gasteiger partial charge in [0.15, 0.2) is 0 Å². The van der Waals surface area contributed by atoms with Crippen molar-refractivity contribution in [3.05, 3.63) is 71.8 Å². The number of aromatic nitrogens is 4. The number of nitrogens with zero attached hydrogens (tertiary/aromatic N) is 4. The Morgan fingerprint density at radius 1 is 0.886 bits per heavy atom. The van der Waals surface area contributed by atoms with E-state index in [1.165, 1.54) is 18.4 Å². The van der Waals surface area contributed by atoms with Gasteiger partial charge in [0.05, 0.1) is 13.0 Å². The number of H-pyrrole nitrogens is 2. The van der Waals surface area contributed by atoms with Crippen molar-refractivity contribution in [2.45, 2.75) is 78.7 Å². The molecule has 0 spiro atoms. The number of carbonyl (C=O) groups excluding carboxylic acids is 1. The third-order valence-corrected chi connectivity index (χ3v) is 6.19. The van der Waals surface area contributed by atoms with Gasteiger partial charge in [-0.05, 0) is 64.8 Å². The molecule has 0 aliphatic carbocycles. The number of hydrogen-bond acceptors (Lipinski definition) is 5. The number of hydrogen-bond donors (Lipinski definition) is 3. The molecule has 0 aliphatic heterocycles. The number of imidazole rings is 2. The molecule has 0 aliphatic rings. The molecule has 2 aromatic heterocycles. The van der Waals surface area contributed by atoms with Crippen LogP contribution in [-0.2, 0) is 30.8 Å². The molecule has 0 unspecified atom stereocenters. The third kappa shape index (κ3) is 8.96. The van der Waals surface area contributed by atoms with Gasteiger partial charge in [0.1, 0.15) is 11.6 Å². The van der Waals surface area contributed by atoms with Crippen molar-refractivity contribution < 1.29 is 4.79 Å². The first-order chi connectivity index (χ1) is 16.9. The average molecular weight is 480 g/mol. The van der Waals surface area contributed by atoms with Gasteiger partial charge in [-0.25, -0.2) is 9.97 Å². The minimum absolute atomic E-state index is 0.00981. The van der Waals surface area contributed by atoms with E-state index >= 15 is 0 Å². The molecule has 3 aromatic rings. The third-order valence-electron chi connectivity index (χ3n) is 6.19. The zero-order valence-electron chi connectivity index (χ0n) is 21.6. The van der Waals surface area contributed by atoms with Gasteiger partial charge in [0.2, 0.25) is 5.91 Å². The van der Waals surface area contributed by atoms with Gasteiger partial charge in [-0.15, -0.1) is 0 Å². The Morgan fingerprint density at radius 3 is 2.11 bits per heavy atom. The van der Waals surface area contributed by atoms with Crippen LogP contribution in [0.25, 0.3) is 0 Å². The topological polar surface area (TPSA) is 92.9 Å². The Bertz CT molecular complexity index is 958. The van der Waals surface area contributed by atoms with Crippen molar-refractivity contribution in [1.29, 1.82) is 0 Å². The lowest BCUT2D eigenvalue weighted by Crippen LogP contribution is -2.37. The lowest BCUT2D eigenvalue weighted by Gasteiger charge is -2.30. The molecule has 35 heavy (non-hydrogen) atoms. The van der Waals surface area contributed by atoms with Crippen LogP contribution >= 0.6 is 0 Å². The van der Waals surface area contributed by atoms with Crippen LogP contribution in [0.5, 0.6) is 0 Å². The van der Waals surface area contributed by atoms with E-state index in [2.05, 4.69) is 82.1 Å². The molecule has 0 atom stereocenters. The number of amides is 1. The van der Waals surface area contributed by atoms with Crippen LogP contribution in [0.3, 0.4) is 0 Å². The predicted molar refractivity (Wildman–Crippen MR) is 139 cm³/mol. The summed E-state index contributed by atoms with van der Waals surface area (Å²) >= 11 is 0. The normalized spacial score (nSPS) is 11.6. The van der Waals surface area contributed by atoms with Gasteiger partial charge in [0.25, 0.3) is 0 Å². The van der Waals surface area contributed by atoms with Gasteiger partial charge in [0, 0.05) is 50.0 Å². The Hall–Kier alpha value is -2.97. The summed E-state index contributed by atoms with van der Waals surface area (Å²) in [4.78, 5) is 31.9. The molecule has 0 saturated heterocycles. The number of unbranched alkanes of at least 4 members (excludes halogenated alkanes) is 1. The first-order valence-electron chi connectivity index (χ1n) is 12.7. The summed E-state index contributed by atoms with van der Waals surface area (Å²) in [5, 5.41) is 3.56. The van der Waals surface area contributed by atoms with E-state index in [9.17, 15) is 4.79 Å². The maximum absolute atomic E-state index is 13.0. The predicted octanol–water partition coefficient (Wildman–Crippen LogP) is 3.89. The van der Waals surface area contributed by atoms with Crippen molar-refractivity contribution >= 4 is 5.91 Å². The Kier molecular flexibility index (Phi) is 10.5. The fourth-order valence-electron chi connectivity index (χ4n) is 4.32. The van der Waals surface area contributed by atoms with Gasteiger partial charge in [-0.3, -0.25) is 9.69 Å². The maximum atomic E-state index is 13.0. The summed E-state index contributed by atoms with van der Waals surface area (Å²) in [6.45, 7) is 13.1. The van der Waals surface area contributed by atoms with Crippen LogP contribution in [0.2, 0.25) is 0 Å². The molecule has 3 N–H and O–H groups in total. The van der Waals surface area contributed by atoms with Gasteiger partial charge < -0.3 is 20.2 Å². The van der Waals surface area contributed by atoms with Crippen LogP contribution in [0, 0.1) is 0 Å². The molecule has 2 heterocycles. The molecule has 8 heteroatoms. The highest BCUT2D eigenvalue weighted by molar-refractivity contribution is 5.77. The molecule has 0 saturated carbocycles. The SMILES string of the molecule is CC(C)N(CCCCNCc1ccc(CN(Cc2ncc[nH]2)C(=O)Cc2ncc[nH]2)cc1)C(C)C. The monoisotopic (exact) mass is 479 g/mol. The molecule has 8 nitrogen and oxygen atoms in total. The molecule has 3 rings (SSSR count). The number of benzene rings is 1. The Labute approximate surface area is 209 Å². The second-order valence-electron chi connectivity index (χ2n) is 9.62. The minimum atomic E-state index is 0.00981. The fraction of sp³-hybridized carbons (Fsp3) is 0.519. The summed E-state index contributed by atoms with van der Waals surface area (Å²) in [5.41, 5.74) is 2.34.